The summed E-state index contributed by atoms with van der Waals surface area (Å²) in [5, 5.41) is 5.35. The number of aryl methyl sites for hydroxylation is 1. The van der Waals surface area contributed by atoms with Gasteiger partial charge < -0.3 is 15.5 Å². The molecular formula is C33H28N4O4. The summed E-state index contributed by atoms with van der Waals surface area (Å²) in [4.78, 5) is 58.5. The first-order valence-corrected chi connectivity index (χ1v) is 13.1. The second kappa shape index (κ2) is 11.8. The average Bonchev–Trinajstić information content (AvgIpc) is 3.08. The number of para-hydroxylation sites is 1. The van der Waals surface area contributed by atoms with Crippen molar-refractivity contribution in [3.05, 3.63) is 131 Å². The number of fused-ring (bicyclic) bond motifs is 1. The predicted octanol–water partition coefficient (Wildman–Crippen LogP) is 5.41. The van der Waals surface area contributed by atoms with Crippen LogP contribution in [-0.2, 0) is 4.79 Å². The minimum atomic E-state index is -1.33. The minimum Gasteiger partial charge on any atom is -0.308 e. The van der Waals surface area contributed by atoms with E-state index in [0.717, 1.165) is 11.1 Å². The Morgan fingerprint density at radius 1 is 0.854 bits per heavy atom. The van der Waals surface area contributed by atoms with Crippen LogP contribution in [0.1, 0.15) is 44.3 Å². The van der Waals surface area contributed by atoms with Crippen LogP contribution in [0, 0.1) is 6.92 Å². The number of ketones is 2. The molecule has 0 fully saturated rings. The molecule has 0 saturated carbocycles. The molecule has 4 aromatic rings. The second-order valence-electron chi connectivity index (χ2n) is 9.66. The van der Waals surface area contributed by atoms with E-state index in [4.69, 9.17) is 4.99 Å². The molecule has 8 heteroatoms. The molecule has 2 N–H and O–H groups in total. The largest absolute Gasteiger partial charge is 0.321 e. The summed E-state index contributed by atoms with van der Waals surface area (Å²) in [6, 6.07) is 29.6. The number of urea groups is 1. The van der Waals surface area contributed by atoms with E-state index in [2.05, 4.69) is 10.6 Å². The Bertz CT molecular complexity index is 1680. The number of Topliss-reactive ketones (excluding diaryl/α,β-unsaturated/α-hetero) is 2. The van der Waals surface area contributed by atoms with Gasteiger partial charge in [-0.3, -0.25) is 14.4 Å². The van der Waals surface area contributed by atoms with Crippen LogP contribution in [0.4, 0.5) is 16.2 Å². The molecule has 0 bridgehead atoms. The third-order valence-electron chi connectivity index (χ3n) is 6.80. The number of nitrogens with zero attached hydrogens (tertiary/aromatic N) is 2. The zero-order valence-electron chi connectivity index (χ0n) is 22.6. The molecule has 0 unspecified atom stereocenters. The fourth-order valence-electron chi connectivity index (χ4n) is 4.73. The van der Waals surface area contributed by atoms with Crippen molar-refractivity contribution < 1.29 is 19.2 Å². The van der Waals surface area contributed by atoms with Crippen molar-refractivity contribution in [3.8, 4) is 0 Å². The van der Waals surface area contributed by atoms with Gasteiger partial charge in [-0.2, -0.15) is 0 Å². The standard InChI is InChI=1S/C33H28N4O4/c1-21-11-6-7-16-26(21)29(39)20-37-28-18-9-8-17-27(28)30(23-12-4-3-5-13-23)35-31(32(37)40)36-33(41)34-25-15-10-14-24(19-25)22(2)38/h3-19,31H,20H2,1-2H3,(H2,34,36,41)/t31-/m0/s1. The van der Waals surface area contributed by atoms with Crippen molar-refractivity contribution in [1.82, 2.24) is 5.32 Å². The number of anilines is 2. The van der Waals surface area contributed by atoms with Gasteiger partial charge in [-0.15, -0.1) is 0 Å². The number of aliphatic imine (C=N–C) groups is 1. The van der Waals surface area contributed by atoms with E-state index >= 15 is 0 Å². The highest BCUT2D eigenvalue weighted by Crippen LogP contribution is 2.29. The lowest BCUT2D eigenvalue weighted by atomic mass is 9.99. The van der Waals surface area contributed by atoms with E-state index in [1.54, 1.807) is 48.5 Å². The lowest BCUT2D eigenvalue weighted by molar-refractivity contribution is -0.120. The van der Waals surface area contributed by atoms with Crippen molar-refractivity contribution in [2.45, 2.75) is 20.0 Å². The maximum atomic E-state index is 14.0. The van der Waals surface area contributed by atoms with Crippen LogP contribution in [0.15, 0.2) is 108 Å². The highest BCUT2D eigenvalue weighted by molar-refractivity contribution is 6.21. The smallest absolute Gasteiger partial charge is 0.308 e. The predicted molar refractivity (Wildman–Crippen MR) is 159 cm³/mol. The molecular weight excluding hydrogens is 516 g/mol. The molecule has 1 aliphatic heterocycles. The highest BCUT2D eigenvalue weighted by atomic mass is 16.2. The first kappa shape index (κ1) is 27.2. The Hall–Kier alpha value is -5.37. The molecule has 1 aliphatic rings. The van der Waals surface area contributed by atoms with Gasteiger partial charge in [0.2, 0.25) is 6.17 Å². The quantitative estimate of drug-likeness (QED) is 0.303. The summed E-state index contributed by atoms with van der Waals surface area (Å²) in [7, 11) is 0. The fraction of sp³-hybridized carbons (Fsp3) is 0.121. The average molecular weight is 545 g/mol. The molecule has 3 amide bonds. The van der Waals surface area contributed by atoms with Gasteiger partial charge in [0.15, 0.2) is 11.6 Å². The number of benzene rings is 4. The normalized spacial score (nSPS) is 14.4. The van der Waals surface area contributed by atoms with E-state index in [1.807, 2.05) is 61.5 Å². The summed E-state index contributed by atoms with van der Waals surface area (Å²) < 4.78 is 0. The van der Waals surface area contributed by atoms with Gasteiger partial charge in [0, 0.05) is 27.9 Å². The number of benzodiazepines with no additional fused rings is 1. The van der Waals surface area contributed by atoms with Gasteiger partial charge in [0.05, 0.1) is 17.9 Å². The summed E-state index contributed by atoms with van der Waals surface area (Å²) >= 11 is 0. The molecule has 0 aliphatic carbocycles. The Morgan fingerprint density at radius 2 is 1.56 bits per heavy atom. The van der Waals surface area contributed by atoms with Gasteiger partial charge >= 0.3 is 6.03 Å². The highest BCUT2D eigenvalue weighted by Gasteiger charge is 2.34. The van der Waals surface area contributed by atoms with Gasteiger partial charge in [-0.1, -0.05) is 84.9 Å². The van der Waals surface area contributed by atoms with Gasteiger partial charge in [-0.25, -0.2) is 9.79 Å². The Balaban J connectivity index is 1.53. The monoisotopic (exact) mass is 544 g/mol. The zero-order chi connectivity index (χ0) is 28.9. The summed E-state index contributed by atoms with van der Waals surface area (Å²) in [6.45, 7) is 3.05. The Labute approximate surface area is 237 Å². The van der Waals surface area contributed by atoms with Crippen LogP contribution < -0.4 is 15.5 Å². The lowest BCUT2D eigenvalue weighted by Gasteiger charge is -2.25. The summed E-state index contributed by atoms with van der Waals surface area (Å²) in [5.74, 6) is -0.937. The molecule has 0 spiro atoms. The first-order valence-electron chi connectivity index (χ1n) is 13.1. The summed E-state index contributed by atoms with van der Waals surface area (Å²) in [5.41, 5.74) is 4.57. The molecule has 0 aromatic heterocycles. The van der Waals surface area contributed by atoms with E-state index in [-0.39, 0.29) is 18.1 Å². The SMILES string of the molecule is CC(=O)c1cccc(NC(=O)N[C@@H]2N=C(c3ccccc3)c3ccccc3N(CC(=O)c3ccccc3C)C2=O)c1. The maximum Gasteiger partial charge on any atom is 0.321 e. The molecule has 0 radical (unpaired) electrons. The summed E-state index contributed by atoms with van der Waals surface area (Å²) in [6.07, 6.45) is -1.33. The first-order chi connectivity index (χ1) is 19.8. The number of amides is 3. The van der Waals surface area contributed by atoms with Crippen molar-refractivity contribution in [3.63, 3.8) is 0 Å². The van der Waals surface area contributed by atoms with Crippen molar-refractivity contribution in [1.29, 1.82) is 0 Å². The zero-order valence-corrected chi connectivity index (χ0v) is 22.6. The van der Waals surface area contributed by atoms with Gasteiger partial charge in [0.25, 0.3) is 5.91 Å². The van der Waals surface area contributed by atoms with Crippen LogP contribution >= 0.6 is 0 Å². The molecule has 5 rings (SSSR count). The minimum absolute atomic E-state index is 0.142. The molecule has 4 aromatic carbocycles. The van der Waals surface area contributed by atoms with E-state index in [9.17, 15) is 19.2 Å². The topological polar surface area (TPSA) is 108 Å². The van der Waals surface area contributed by atoms with Crippen molar-refractivity contribution in [2.24, 2.45) is 4.99 Å². The maximum absolute atomic E-state index is 14.0. The molecule has 41 heavy (non-hydrogen) atoms. The van der Waals surface area contributed by atoms with Gasteiger partial charge in [0.1, 0.15) is 0 Å². The van der Waals surface area contributed by atoms with Crippen molar-refractivity contribution >= 4 is 40.6 Å². The fourth-order valence-corrected chi connectivity index (χ4v) is 4.73. The number of nitrogens with one attached hydrogen (secondary N) is 2. The van der Waals surface area contributed by atoms with Crippen LogP contribution in [0.25, 0.3) is 0 Å². The van der Waals surface area contributed by atoms with Crippen LogP contribution in [0.2, 0.25) is 0 Å². The van der Waals surface area contributed by atoms with Crippen LogP contribution in [-0.4, -0.2) is 41.9 Å². The molecule has 1 atom stereocenters. The van der Waals surface area contributed by atoms with Gasteiger partial charge in [-0.05, 0) is 37.6 Å². The Morgan fingerprint density at radius 3 is 2.32 bits per heavy atom. The number of rotatable bonds is 7. The molecule has 8 nitrogen and oxygen atoms in total. The van der Waals surface area contributed by atoms with Crippen LogP contribution in [0.5, 0.6) is 0 Å². The molecule has 0 saturated heterocycles. The van der Waals surface area contributed by atoms with E-state index in [1.165, 1.54) is 11.8 Å². The number of hydrogen-bond donors (Lipinski definition) is 2. The second-order valence-corrected chi connectivity index (χ2v) is 9.66. The number of carbonyl (C=O) groups is 4. The lowest BCUT2D eigenvalue weighted by Crippen LogP contribution is -2.50. The van der Waals surface area contributed by atoms with Crippen LogP contribution in [0.3, 0.4) is 0 Å². The molecule has 204 valence electrons. The third kappa shape index (κ3) is 5.96. The molecule has 1 heterocycles. The Kier molecular flexibility index (Phi) is 7.83. The number of hydrogen-bond acceptors (Lipinski definition) is 5. The number of carbonyl (C=O) groups excluding carboxylic acids is 4. The third-order valence-corrected chi connectivity index (χ3v) is 6.80. The van der Waals surface area contributed by atoms with E-state index < -0.39 is 18.1 Å². The van der Waals surface area contributed by atoms with E-state index in [0.29, 0.717) is 33.8 Å². The van der Waals surface area contributed by atoms with Crippen molar-refractivity contribution in [2.75, 3.05) is 16.8 Å².